The molecule has 19 heavy (non-hydrogen) atoms. The second-order valence-electron chi connectivity index (χ2n) is 4.71. The maximum absolute atomic E-state index is 13.8. The first-order valence-electron chi connectivity index (χ1n) is 6.38. The molecule has 1 saturated heterocycles. The van der Waals surface area contributed by atoms with E-state index in [9.17, 15) is 14.0 Å². The van der Waals surface area contributed by atoms with Crippen LogP contribution in [0, 0.1) is 5.82 Å². The quantitative estimate of drug-likeness (QED) is 0.844. The van der Waals surface area contributed by atoms with Crippen molar-refractivity contribution >= 4 is 17.5 Å². The summed E-state index contributed by atoms with van der Waals surface area (Å²) in [5.41, 5.74) is 1.30. The number of hydrogen-bond acceptors (Lipinski definition) is 3. The van der Waals surface area contributed by atoms with Gasteiger partial charge in [-0.25, -0.2) is 4.39 Å². The van der Waals surface area contributed by atoms with Crippen molar-refractivity contribution in [1.82, 2.24) is 5.32 Å². The number of benzene rings is 1. The minimum atomic E-state index is -0.426. The van der Waals surface area contributed by atoms with E-state index in [4.69, 9.17) is 0 Å². The average Bonchev–Trinajstić information content (AvgIpc) is 2.38. The first-order chi connectivity index (χ1) is 9.02. The lowest BCUT2D eigenvalue weighted by Crippen LogP contribution is -2.51. The van der Waals surface area contributed by atoms with Crippen molar-refractivity contribution in [2.24, 2.45) is 0 Å². The van der Waals surface area contributed by atoms with Gasteiger partial charge in [0, 0.05) is 19.2 Å². The SMILES string of the molecule is CCc1ccc(N(C)C2CCC(=O)NC2=O)cc1F. The third-order valence-electron chi connectivity index (χ3n) is 3.50. The molecule has 102 valence electrons. The monoisotopic (exact) mass is 264 g/mol. The summed E-state index contributed by atoms with van der Waals surface area (Å²) in [5.74, 6) is -0.833. The first-order valence-corrected chi connectivity index (χ1v) is 6.38. The fourth-order valence-electron chi connectivity index (χ4n) is 2.27. The maximum Gasteiger partial charge on any atom is 0.249 e. The molecule has 1 N–H and O–H groups in total. The van der Waals surface area contributed by atoms with Gasteiger partial charge in [0.1, 0.15) is 11.9 Å². The number of carbonyl (C=O) groups is 2. The van der Waals surface area contributed by atoms with Crippen LogP contribution in [-0.4, -0.2) is 24.9 Å². The number of piperidine rings is 1. The molecule has 1 fully saturated rings. The van der Waals surface area contributed by atoms with Crippen molar-refractivity contribution in [2.45, 2.75) is 32.2 Å². The Kier molecular flexibility index (Phi) is 3.83. The van der Waals surface area contributed by atoms with Gasteiger partial charge < -0.3 is 4.90 Å². The number of halogens is 1. The molecule has 4 nitrogen and oxygen atoms in total. The third kappa shape index (κ3) is 2.75. The van der Waals surface area contributed by atoms with Crippen molar-refractivity contribution < 1.29 is 14.0 Å². The van der Waals surface area contributed by atoms with Gasteiger partial charge in [0.2, 0.25) is 11.8 Å². The Labute approximate surface area is 111 Å². The number of carbonyl (C=O) groups excluding carboxylic acids is 2. The van der Waals surface area contributed by atoms with Crippen molar-refractivity contribution in [1.29, 1.82) is 0 Å². The maximum atomic E-state index is 13.8. The highest BCUT2D eigenvalue weighted by Gasteiger charge is 2.30. The van der Waals surface area contributed by atoms with E-state index in [1.54, 1.807) is 24.1 Å². The Hall–Kier alpha value is -1.91. The summed E-state index contributed by atoms with van der Waals surface area (Å²) in [6.07, 6.45) is 1.41. The van der Waals surface area contributed by atoms with Gasteiger partial charge >= 0.3 is 0 Å². The van der Waals surface area contributed by atoms with Gasteiger partial charge in [-0.05, 0) is 30.5 Å². The van der Waals surface area contributed by atoms with Crippen LogP contribution in [0.15, 0.2) is 18.2 Å². The first kappa shape index (κ1) is 13.5. The van der Waals surface area contributed by atoms with Crippen molar-refractivity contribution in [3.05, 3.63) is 29.6 Å². The Morgan fingerprint density at radius 1 is 1.42 bits per heavy atom. The van der Waals surface area contributed by atoms with Gasteiger partial charge in [-0.2, -0.15) is 0 Å². The van der Waals surface area contributed by atoms with Gasteiger partial charge in [0.05, 0.1) is 0 Å². The molecule has 0 aliphatic carbocycles. The van der Waals surface area contributed by atoms with Crippen LogP contribution in [0.5, 0.6) is 0 Å². The van der Waals surface area contributed by atoms with E-state index in [1.807, 2.05) is 6.92 Å². The number of anilines is 1. The molecule has 1 unspecified atom stereocenters. The van der Waals surface area contributed by atoms with E-state index in [1.165, 1.54) is 6.07 Å². The number of likely N-dealkylation sites (N-methyl/N-ethyl adjacent to an activating group) is 1. The minimum Gasteiger partial charge on any atom is -0.363 e. The van der Waals surface area contributed by atoms with Crippen LogP contribution in [0.25, 0.3) is 0 Å². The molecule has 0 saturated carbocycles. The van der Waals surface area contributed by atoms with Gasteiger partial charge in [-0.3, -0.25) is 14.9 Å². The molecule has 0 aromatic heterocycles. The number of nitrogens with one attached hydrogen (secondary N) is 1. The van der Waals surface area contributed by atoms with Gasteiger partial charge in [0.25, 0.3) is 0 Å². The molecule has 2 rings (SSSR count). The van der Waals surface area contributed by atoms with Crippen molar-refractivity contribution in [3.63, 3.8) is 0 Å². The molecule has 5 heteroatoms. The molecule has 0 radical (unpaired) electrons. The van der Waals surface area contributed by atoms with Crippen molar-refractivity contribution in [3.8, 4) is 0 Å². The highest BCUT2D eigenvalue weighted by molar-refractivity contribution is 6.01. The van der Waals surface area contributed by atoms with Crippen LogP contribution >= 0.6 is 0 Å². The number of nitrogens with zero attached hydrogens (tertiary/aromatic N) is 1. The molecular formula is C14H17FN2O2. The van der Waals surface area contributed by atoms with E-state index in [2.05, 4.69) is 5.32 Å². The van der Waals surface area contributed by atoms with Crippen LogP contribution in [0.3, 0.4) is 0 Å². The Morgan fingerprint density at radius 2 is 2.16 bits per heavy atom. The van der Waals surface area contributed by atoms with Gasteiger partial charge in [0.15, 0.2) is 0 Å². The predicted octanol–water partition coefficient (Wildman–Crippen LogP) is 1.63. The van der Waals surface area contributed by atoms with E-state index < -0.39 is 6.04 Å². The standard InChI is InChI=1S/C14H17FN2O2/c1-3-9-4-5-10(8-11(9)15)17(2)12-6-7-13(18)16-14(12)19/h4-5,8,12H,3,6-7H2,1-2H3,(H,16,18,19). The topological polar surface area (TPSA) is 49.4 Å². The number of aryl methyl sites for hydroxylation is 1. The molecule has 1 aromatic rings. The normalized spacial score (nSPS) is 19.2. The van der Waals surface area contributed by atoms with Crippen LogP contribution in [0.4, 0.5) is 10.1 Å². The largest absolute Gasteiger partial charge is 0.363 e. The summed E-state index contributed by atoms with van der Waals surface area (Å²) in [6.45, 7) is 1.89. The summed E-state index contributed by atoms with van der Waals surface area (Å²) in [7, 11) is 1.74. The fourth-order valence-corrected chi connectivity index (χ4v) is 2.27. The second kappa shape index (κ2) is 5.38. The fraction of sp³-hybridized carbons (Fsp3) is 0.429. The van der Waals surface area contributed by atoms with Gasteiger partial charge in [-0.1, -0.05) is 13.0 Å². The zero-order valence-corrected chi connectivity index (χ0v) is 11.1. The number of rotatable bonds is 3. The smallest absolute Gasteiger partial charge is 0.249 e. The van der Waals surface area contributed by atoms with Crippen LogP contribution in [0.2, 0.25) is 0 Å². The highest BCUT2D eigenvalue weighted by Crippen LogP contribution is 2.22. The Morgan fingerprint density at radius 3 is 2.74 bits per heavy atom. The number of imide groups is 1. The predicted molar refractivity (Wildman–Crippen MR) is 70.4 cm³/mol. The Bertz CT molecular complexity index is 516. The summed E-state index contributed by atoms with van der Waals surface area (Å²) in [5, 5.41) is 2.30. The van der Waals surface area contributed by atoms with Crippen LogP contribution in [0.1, 0.15) is 25.3 Å². The molecule has 1 aromatic carbocycles. The van der Waals surface area contributed by atoms with Crippen molar-refractivity contribution in [2.75, 3.05) is 11.9 Å². The number of amides is 2. The zero-order chi connectivity index (χ0) is 14.0. The summed E-state index contributed by atoms with van der Waals surface area (Å²) in [6, 6.07) is 4.53. The molecule has 1 aliphatic heterocycles. The molecule has 1 atom stereocenters. The third-order valence-corrected chi connectivity index (χ3v) is 3.50. The lowest BCUT2D eigenvalue weighted by molar-refractivity contribution is -0.134. The summed E-state index contributed by atoms with van der Waals surface area (Å²) >= 11 is 0. The summed E-state index contributed by atoms with van der Waals surface area (Å²) in [4.78, 5) is 24.6. The molecule has 2 amide bonds. The van der Waals surface area contributed by atoms with E-state index >= 15 is 0 Å². The lowest BCUT2D eigenvalue weighted by atomic mass is 10.0. The minimum absolute atomic E-state index is 0.248. The van der Waals surface area contributed by atoms with E-state index in [-0.39, 0.29) is 17.6 Å². The molecule has 0 spiro atoms. The summed E-state index contributed by atoms with van der Waals surface area (Å²) < 4.78 is 13.8. The van der Waals surface area contributed by atoms with Crippen LogP contribution in [-0.2, 0) is 16.0 Å². The van der Waals surface area contributed by atoms with E-state index in [0.29, 0.717) is 30.5 Å². The number of hydrogen-bond donors (Lipinski definition) is 1. The van der Waals surface area contributed by atoms with E-state index in [0.717, 1.165) is 0 Å². The van der Waals surface area contributed by atoms with Crippen LogP contribution < -0.4 is 10.2 Å². The average molecular weight is 264 g/mol. The molecular weight excluding hydrogens is 247 g/mol. The Balaban J connectivity index is 2.19. The van der Waals surface area contributed by atoms with Gasteiger partial charge in [-0.15, -0.1) is 0 Å². The lowest BCUT2D eigenvalue weighted by Gasteiger charge is -2.31. The molecule has 0 bridgehead atoms. The molecule has 1 heterocycles. The second-order valence-corrected chi connectivity index (χ2v) is 4.71. The zero-order valence-electron chi connectivity index (χ0n) is 11.1. The highest BCUT2D eigenvalue weighted by atomic mass is 19.1. The molecule has 1 aliphatic rings.